The molecule has 0 aliphatic carbocycles. The summed E-state index contributed by atoms with van der Waals surface area (Å²) in [5.41, 5.74) is 9.34. The first kappa shape index (κ1) is 10.2. The molecule has 0 aliphatic rings. The first-order chi connectivity index (χ1) is 6.00. The molecule has 1 aromatic heterocycles. The normalized spacial score (nSPS) is 13.4. The van der Waals surface area contributed by atoms with E-state index in [1.165, 1.54) is 5.56 Å². The monoisotopic (exact) mass is 178 g/mol. The van der Waals surface area contributed by atoms with Crippen molar-refractivity contribution in [3.63, 3.8) is 0 Å². The molecule has 2 heteroatoms. The fraction of sp³-hybridized carbons (Fsp3) is 0.545. The van der Waals surface area contributed by atoms with Gasteiger partial charge in [-0.25, -0.2) is 0 Å². The smallest absolute Gasteiger partial charge is 0.0379 e. The number of hydrogen-bond acceptors (Lipinski definition) is 2. The Kier molecular flexibility index (Phi) is 3.04. The number of nitrogens with two attached hydrogens (primary N) is 1. The maximum absolute atomic E-state index is 6.05. The fourth-order valence-electron chi connectivity index (χ4n) is 1.44. The molecule has 0 saturated carbocycles. The van der Waals surface area contributed by atoms with Crippen LogP contribution in [-0.4, -0.2) is 4.98 Å². The second kappa shape index (κ2) is 3.88. The van der Waals surface area contributed by atoms with Crippen LogP contribution >= 0.6 is 0 Å². The lowest BCUT2D eigenvalue weighted by Crippen LogP contribution is -2.17. The van der Waals surface area contributed by atoms with Gasteiger partial charge in [-0.3, -0.25) is 4.98 Å². The van der Waals surface area contributed by atoms with Crippen LogP contribution in [0.3, 0.4) is 0 Å². The molecule has 0 bridgehead atoms. The van der Waals surface area contributed by atoms with E-state index in [2.05, 4.69) is 31.0 Å². The van der Waals surface area contributed by atoms with E-state index < -0.39 is 0 Å². The van der Waals surface area contributed by atoms with E-state index >= 15 is 0 Å². The summed E-state index contributed by atoms with van der Waals surface area (Å²) in [6, 6.07) is 4.26. The van der Waals surface area contributed by atoms with Gasteiger partial charge < -0.3 is 5.73 Å². The van der Waals surface area contributed by atoms with Gasteiger partial charge in [-0.2, -0.15) is 0 Å². The summed E-state index contributed by atoms with van der Waals surface area (Å²) in [5, 5.41) is 0. The van der Waals surface area contributed by atoms with Gasteiger partial charge in [-0.1, -0.05) is 13.8 Å². The van der Waals surface area contributed by atoms with Crippen LogP contribution in [0.1, 0.15) is 36.8 Å². The van der Waals surface area contributed by atoms with E-state index in [-0.39, 0.29) is 6.04 Å². The molecule has 72 valence electrons. The Hall–Kier alpha value is -0.890. The number of aryl methyl sites for hydroxylation is 2. The molecule has 0 amide bonds. The fourth-order valence-corrected chi connectivity index (χ4v) is 1.44. The van der Waals surface area contributed by atoms with E-state index in [1.54, 1.807) is 0 Å². The maximum Gasteiger partial charge on any atom is 0.0379 e. The van der Waals surface area contributed by atoms with Gasteiger partial charge in [0.1, 0.15) is 0 Å². The third-order valence-electron chi connectivity index (χ3n) is 2.21. The Bertz CT molecular complexity index is 272. The lowest BCUT2D eigenvalue weighted by Gasteiger charge is -2.16. The van der Waals surface area contributed by atoms with Crippen LogP contribution in [0, 0.1) is 19.8 Å². The summed E-state index contributed by atoms with van der Waals surface area (Å²) in [7, 11) is 0. The van der Waals surface area contributed by atoms with Crippen molar-refractivity contribution >= 4 is 0 Å². The second-order valence-electron chi connectivity index (χ2n) is 3.95. The molecule has 1 aromatic rings. The largest absolute Gasteiger partial charge is 0.324 e. The van der Waals surface area contributed by atoms with Crippen molar-refractivity contribution in [2.45, 2.75) is 33.7 Å². The van der Waals surface area contributed by atoms with Gasteiger partial charge in [0.25, 0.3) is 0 Å². The van der Waals surface area contributed by atoms with E-state index in [4.69, 9.17) is 5.73 Å². The van der Waals surface area contributed by atoms with Crippen LogP contribution in [0.4, 0.5) is 0 Å². The SMILES string of the molecule is Cc1cc(C(N)C(C)C)cc(C)n1. The molecule has 1 heterocycles. The molecule has 0 aliphatic heterocycles. The molecule has 1 atom stereocenters. The van der Waals surface area contributed by atoms with Crippen LogP contribution in [-0.2, 0) is 0 Å². The molecule has 0 radical (unpaired) electrons. The van der Waals surface area contributed by atoms with Gasteiger partial charge in [-0.15, -0.1) is 0 Å². The Morgan fingerprint density at radius 3 is 2.00 bits per heavy atom. The number of nitrogens with zero attached hydrogens (tertiary/aromatic N) is 1. The third kappa shape index (κ3) is 2.52. The average molecular weight is 178 g/mol. The molecule has 0 saturated heterocycles. The molecule has 1 rings (SSSR count). The standard InChI is InChI=1S/C11H18N2/c1-7(2)11(12)10-5-8(3)13-9(4)6-10/h5-7,11H,12H2,1-4H3. The highest BCUT2D eigenvalue weighted by Gasteiger charge is 2.10. The summed E-state index contributed by atoms with van der Waals surface area (Å²) < 4.78 is 0. The van der Waals surface area contributed by atoms with Crippen LogP contribution in [0.25, 0.3) is 0 Å². The van der Waals surface area contributed by atoms with Gasteiger partial charge in [0.2, 0.25) is 0 Å². The number of rotatable bonds is 2. The van der Waals surface area contributed by atoms with Crippen molar-refractivity contribution in [3.8, 4) is 0 Å². The van der Waals surface area contributed by atoms with Crippen molar-refractivity contribution in [3.05, 3.63) is 29.1 Å². The quantitative estimate of drug-likeness (QED) is 0.755. The molecule has 0 fully saturated rings. The lowest BCUT2D eigenvalue weighted by atomic mass is 9.97. The predicted molar refractivity (Wildman–Crippen MR) is 55.5 cm³/mol. The van der Waals surface area contributed by atoms with Crippen LogP contribution in [0.2, 0.25) is 0 Å². The molecular formula is C11H18N2. The second-order valence-corrected chi connectivity index (χ2v) is 3.95. The summed E-state index contributed by atoms with van der Waals surface area (Å²) in [5.74, 6) is 0.473. The Morgan fingerprint density at radius 2 is 1.62 bits per heavy atom. The number of aromatic nitrogens is 1. The summed E-state index contributed by atoms with van der Waals surface area (Å²) in [6.07, 6.45) is 0. The maximum atomic E-state index is 6.05. The summed E-state index contributed by atoms with van der Waals surface area (Å²) in [4.78, 5) is 4.32. The lowest BCUT2D eigenvalue weighted by molar-refractivity contribution is 0.513. The minimum Gasteiger partial charge on any atom is -0.324 e. The van der Waals surface area contributed by atoms with Crippen LogP contribution in [0.5, 0.6) is 0 Å². The van der Waals surface area contributed by atoms with Crippen molar-refractivity contribution in [2.75, 3.05) is 0 Å². The predicted octanol–water partition coefficient (Wildman–Crippen LogP) is 2.35. The van der Waals surface area contributed by atoms with Crippen molar-refractivity contribution in [2.24, 2.45) is 11.7 Å². The zero-order valence-corrected chi connectivity index (χ0v) is 8.83. The summed E-state index contributed by atoms with van der Waals surface area (Å²) >= 11 is 0. The van der Waals surface area contributed by atoms with Gasteiger partial charge in [-0.05, 0) is 37.5 Å². The Labute approximate surface area is 80.2 Å². The highest BCUT2D eigenvalue weighted by molar-refractivity contribution is 5.23. The molecule has 2 N–H and O–H groups in total. The topological polar surface area (TPSA) is 38.9 Å². The van der Waals surface area contributed by atoms with Gasteiger partial charge in [0.05, 0.1) is 0 Å². The molecular weight excluding hydrogens is 160 g/mol. The van der Waals surface area contributed by atoms with E-state index in [0.29, 0.717) is 5.92 Å². The molecule has 1 unspecified atom stereocenters. The van der Waals surface area contributed by atoms with E-state index in [1.807, 2.05) is 13.8 Å². The molecule has 13 heavy (non-hydrogen) atoms. The van der Waals surface area contributed by atoms with Crippen LogP contribution < -0.4 is 5.73 Å². The third-order valence-corrected chi connectivity index (χ3v) is 2.21. The first-order valence-corrected chi connectivity index (χ1v) is 4.71. The summed E-state index contributed by atoms with van der Waals surface area (Å²) in [6.45, 7) is 8.28. The molecule has 0 aromatic carbocycles. The Balaban J connectivity index is 3.01. The van der Waals surface area contributed by atoms with Gasteiger partial charge >= 0.3 is 0 Å². The number of pyridine rings is 1. The zero-order valence-electron chi connectivity index (χ0n) is 8.83. The Morgan fingerprint density at radius 1 is 1.15 bits per heavy atom. The van der Waals surface area contributed by atoms with Gasteiger partial charge in [0.15, 0.2) is 0 Å². The molecule has 0 spiro atoms. The minimum atomic E-state index is 0.125. The molecule has 2 nitrogen and oxygen atoms in total. The van der Waals surface area contributed by atoms with E-state index in [0.717, 1.165) is 11.4 Å². The minimum absolute atomic E-state index is 0.125. The van der Waals surface area contributed by atoms with Crippen LogP contribution in [0.15, 0.2) is 12.1 Å². The average Bonchev–Trinajstić information content (AvgIpc) is 2.01. The highest BCUT2D eigenvalue weighted by atomic mass is 14.7. The van der Waals surface area contributed by atoms with E-state index in [9.17, 15) is 0 Å². The number of hydrogen-bond donors (Lipinski definition) is 1. The zero-order chi connectivity index (χ0) is 10.0. The first-order valence-electron chi connectivity index (χ1n) is 4.71. The van der Waals surface area contributed by atoms with Crippen molar-refractivity contribution in [1.82, 2.24) is 4.98 Å². The van der Waals surface area contributed by atoms with Crippen molar-refractivity contribution < 1.29 is 0 Å². The highest BCUT2D eigenvalue weighted by Crippen LogP contribution is 2.19. The van der Waals surface area contributed by atoms with Crippen molar-refractivity contribution in [1.29, 1.82) is 0 Å². The van der Waals surface area contributed by atoms with Gasteiger partial charge in [0, 0.05) is 17.4 Å².